The number of rotatable bonds is 3. The molecule has 0 atom stereocenters. The van der Waals surface area contributed by atoms with Gasteiger partial charge in [0.15, 0.2) is 0 Å². The maximum atomic E-state index is 8.89. The number of hydrogen-bond donors (Lipinski definition) is 0. The first-order valence-electron chi connectivity index (χ1n) is 20.8. The van der Waals surface area contributed by atoms with Gasteiger partial charge in [0.25, 0.3) is 0 Å². The molecule has 6 aromatic rings. The SMILES string of the molecule is CC#N.CC#N.CC#N.CC#N.CC#N.CC(=O)[O-].CC(=O)[O-].CC(=O)[O-].CC(=O)[O-].CC(=O)[O-].CC(=O)[O-].[Fe+3].[Fe+3].[Ni+2].[O-2].c1ccc(-c2ccncc2)cc1.c1ccc(-c2ccncc2)cc1.c1ccc(-c2ccncc2)cc1. The normalized spacial score (nSPS) is 6.81. The monoisotopic (exact) mass is 1210 g/mol. The molecule has 3 aromatic carbocycles. The Labute approximate surface area is 494 Å². The Balaban J connectivity index is -0.0000000639. The summed E-state index contributed by atoms with van der Waals surface area (Å²) < 4.78 is 0. The standard InChI is InChI=1S/3C11H9N.5C2H3N.6C2H4O2.2Fe.Ni.O/c3*1-2-4-10(5-3-1)11-6-8-12-9-7-11;5*1-2-3;6*1-2(3)4;;;;/h3*1-9H;5*1H3;6*1H3,(H,3,4);;;;/q;;;;;;;;;;;;;;2*+3;+2;-2/p-6. The van der Waals surface area contributed by atoms with Crippen LogP contribution < -0.4 is 30.6 Å². The third-order valence-electron chi connectivity index (χ3n) is 5.36. The van der Waals surface area contributed by atoms with Crippen LogP contribution in [0.4, 0.5) is 0 Å². The quantitative estimate of drug-likeness (QED) is 0.229. The number of carboxylic acids is 6. The largest absolute Gasteiger partial charge is 3.00 e. The van der Waals surface area contributed by atoms with Crippen LogP contribution in [0.25, 0.3) is 33.4 Å². The molecule has 0 spiro atoms. The Hall–Kier alpha value is -9.13. The molecule has 0 fully saturated rings. The molecule has 424 valence electrons. The van der Waals surface area contributed by atoms with E-state index >= 15 is 0 Å². The second-order valence-corrected chi connectivity index (χ2v) is 11.9. The molecule has 24 heteroatoms. The fourth-order valence-corrected chi connectivity index (χ4v) is 3.52. The first-order valence-corrected chi connectivity index (χ1v) is 20.8. The van der Waals surface area contributed by atoms with E-state index in [0.717, 1.165) is 41.5 Å². The van der Waals surface area contributed by atoms with E-state index in [-0.39, 0.29) is 56.1 Å². The third-order valence-corrected chi connectivity index (χ3v) is 5.36. The van der Waals surface area contributed by atoms with E-state index in [9.17, 15) is 0 Å². The van der Waals surface area contributed by atoms with E-state index in [4.69, 9.17) is 85.7 Å². The van der Waals surface area contributed by atoms with Gasteiger partial charge in [0.1, 0.15) is 0 Å². The van der Waals surface area contributed by atoms with Crippen molar-refractivity contribution in [1.29, 1.82) is 26.3 Å². The summed E-state index contributed by atoms with van der Waals surface area (Å²) in [5.41, 5.74) is 7.35. The first-order chi connectivity index (χ1) is 35.4. The van der Waals surface area contributed by atoms with Crippen molar-refractivity contribution in [2.75, 3.05) is 0 Å². The van der Waals surface area contributed by atoms with Gasteiger partial charge in [-0.3, -0.25) is 15.0 Å². The Morgan fingerprint density at radius 2 is 0.392 bits per heavy atom. The van der Waals surface area contributed by atoms with Crippen molar-refractivity contribution in [3.05, 3.63) is 165 Å². The molecule has 3 heterocycles. The predicted molar refractivity (Wildman–Crippen MR) is 270 cm³/mol. The molecule has 21 nitrogen and oxygen atoms in total. The number of aliphatic carboxylic acids is 6. The Bertz CT molecular complexity index is 2060. The molecule has 0 saturated carbocycles. The number of nitrogens with zero attached hydrogens (tertiary/aromatic N) is 8. The third kappa shape index (κ3) is 119. The van der Waals surface area contributed by atoms with Crippen LogP contribution in [-0.4, -0.2) is 50.8 Å². The molecule has 2 radical (unpaired) electrons. The molecule has 0 amide bonds. The van der Waals surface area contributed by atoms with Gasteiger partial charge in [0.05, 0.1) is 30.3 Å². The van der Waals surface area contributed by atoms with Crippen LogP contribution in [0.2, 0.25) is 0 Å². The van der Waals surface area contributed by atoms with Crippen molar-refractivity contribution in [3.63, 3.8) is 0 Å². The van der Waals surface area contributed by atoms with Gasteiger partial charge in [-0.1, -0.05) is 91.0 Å². The average Bonchev–Trinajstić information content (AvgIpc) is 3.34. The summed E-state index contributed by atoms with van der Waals surface area (Å²) in [7, 11) is 0. The topological polar surface area (TPSA) is 427 Å². The smallest absolute Gasteiger partial charge is 2.00 e. The van der Waals surface area contributed by atoms with Crippen molar-refractivity contribution in [1.82, 2.24) is 15.0 Å². The second kappa shape index (κ2) is 82.9. The van der Waals surface area contributed by atoms with Gasteiger partial charge in [-0.15, -0.1) is 0 Å². The van der Waals surface area contributed by atoms with Gasteiger partial charge >= 0.3 is 50.6 Å². The molecule has 79 heavy (non-hydrogen) atoms. The van der Waals surface area contributed by atoms with Crippen molar-refractivity contribution < 1.29 is 116 Å². The molecule has 0 aliphatic heterocycles. The summed E-state index contributed by atoms with van der Waals surface area (Å²) >= 11 is 0. The molecule has 0 N–H and O–H groups in total. The number of carbonyl (C=O) groups is 6. The molecule has 3 aromatic heterocycles. The second-order valence-electron chi connectivity index (χ2n) is 11.9. The van der Waals surface area contributed by atoms with Crippen molar-refractivity contribution in [3.8, 4) is 63.7 Å². The summed E-state index contributed by atoms with van der Waals surface area (Å²) in [4.78, 5) is 65.2. The average molecular weight is 1210 g/mol. The molecular weight excluding hydrogens is 1150 g/mol. The van der Waals surface area contributed by atoms with E-state index in [1.165, 1.54) is 68.0 Å². The molecular formula is C55H60Fe2N8NiO13. The predicted octanol–water partition coefficient (Wildman–Crippen LogP) is 3.31. The zero-order valence-corrected chi connectivity index (χ0v) is 48.2. The van der Waals surface area contributed by atoms with Gasteiger partial charge in [0.2, 0.25) is 0 Å². The van der Waals surface area contributed by atoms with Crippen LogP contribution >= 0.6 is 0 Å². The Morgan fingerprint density at radius 3 is 0.494 bits per heavy atom. The minimum Gasteiger partial charge on any atom is -2.00 e. The van der Waals surface area contributed by atoms with E-state index in [2.05, 4.69) is 51.4 Å². The number of carbonyl (C=O) groups excluding carboxylic acids is 6. The number of benzene rings is 3. The van der Waals surface area contributed by atoms with Crippen LogP contribution in [0.3, 0.4) is 0 Å². The summed E-state index contributed by atoms with van der Waals surface area (Å²) in [6, 6.07) is 51.6. The van der Waals surface area contributed by atoms with Crippen molar-refractivity contribution >= 4 is 35.8 Å². The van der Waals surface area contributed by atoms with Crippen molar-refractivity contribution in [2.24, 2.45) is 0 Å². The number of pyridine rings is 3. The maximum absolute atomic E-state index is 8.89. The molecule has 0 aliphatic rings. The van der Waals surface area contributed by atoms with Crippen LogP contribution in [0.1, 0.15) is 76.2 Å². The van der Waals surface area contributed by atoms with Gasteiger partial charge < -0.3 is 64.9 Å². The zero-order valence-electron chi connectivity index (χ0n) is 45.0. The number of aromatic nitrogens is 3. The molecule has 0 saturated heterocycles. The first kappa shape index (κ1) is 99.0. The summed E-state index contributed by atoms with van der Waals surface area (Å²) in [6.07, 6.45) is 10.8. The van der Waals surface area contributed by atoms with Gasteiger partial charge in [0, 0.05) is 108 Å². The zero-order chi connectivity index (χ0) is 59.7. The molecule has 6 rings (SSSR count). The number of nitriles is 5. The van der Waals surface area contributed by atoms with E-state index < -0.39 is 35.8 Å². The summed E-state index contributed by atoms with van der Waals surface area (Å²) in [5.74, 6) is -6.50. The number of hydrogen-bond acceptors (Lipinski definition) is 20. The summed E-state index contributed by atoms with van der Waals surface area (Å²) in [5, 5.41) is 89.9. The Morgan fingerprint density at radius 1 is 0.304 bits per heavy atom. The van der Waals surface area contributed by atoms with Gasteiger partial charge in [-0.25, -0.2) is 0 Å². The van der Waals surface area contributed by atoms with Crippen LogP contribution in [0, 0.1) is 56.7 Å². The van der Waals surface area contributed by atoms with E-state index in [1.54, 1.807) is 30.3 Å². The van der Waals surface area contributed by atoms with Crippen LogP contribution in [0.5, 0.6) is 0 Å². The van der Waals surface area contributed by atoms with Gasteiger partial charge in [-0.05, 0) is 111 Å². The minimum atomic E-state index is -1.08. The van der Waals surface area contributed by atoms with E-state index in [0.29, 0.717) is 0 Å². The maximum Gasteiger partial charge on any atom is 3.00 e. The van der Waals surface area contributed by atoms with Crippen LogP contribution in [0.15, 0.2) is 165 Å². The molecule has 0 aliphatic carbocycles. The number of carboxylic acid groups (broad SMARTS) is 6. The molecule has 0 bridgehead atoms. The minimum absolute atomic E-state index is 0. The van der Waals surface area contributed by atoms with E-state index in [1.807, 2.05) is 128 Å². The molecule has 0 unspecified atom stereocenters. The van der Waals surface area contributed by atoms with Crippen molar-refractivity contribution in [2.45, 2.75) is 76.2 Å². The summed E-state index contributed by atoms with van der Waals surface area (Å²) in [6.45, 7) is 13.0. The fourth-order valence-electron chi connectivity index (χ4n) is 3.52. The van der Waals surface area contributed by atoms with Gasteiger partial charge in [-0.2, -0.15) is 26.3 Å². The fraction of sp³-hybridized carbons (Fsp3) is 0.200. The van der Waals surface area contributed by atoms with Crippen LogP contribution in [-0.2, 0) is 84.9 Å². The Kier molecular flexibility index (Phi) is 104.